The smallest absolute Gasteiger partial charge is 0.167 e. The first-order valence-electron chi connectivity index (χ1n) is 6.02. The summed E-state index contributed by atoms with van der Waals surface area (Å²) in [6.45, 7) is 3.70. The molecular weight excluding hydrogens is 246 g/mol. The molecule has 0 atom stereocenters. The van der Waals surface area contributed by atoms with E-state index in [-0.39, 0.29) is 17.8 Å². The van der Waals surface area contributed by atoms with Crippen LogP contribution in [0, 0.1) is 25.5 Å². The van der Waals surface area contributed by atoms with Gasteiger partial charge in [-0.3, -0.25) is 4.79 Å². The third-order valence-electron chi connectivity index (χ3n) is 3.13. The Kier molecular flexibility index (Phi) is 3.74. The van der Waals surface area contributed by atoms with E-state index in [0.29, 0.717) is 5.56 Å². The monoisotopic (exact) mass is 260 g/mol. The minimum Gasteiger partial charge on any atom is -0.294 e. The Bertz CT molecular complexity index is 612. The Hall–Kier alpha value is -2.03. The molecule has 2 aromatic rings. The van der Waals surface area contributed by atoms with Crippen molar-refractivity contribution in [3.63, 3.8) is 0 Å². The first-order chi connectivity index (χ1) is 8.99. The van der Waals surface area contributed by atoms with Gasteiger partial charge in [-0.1, -0.05) is 24.3 Å². The molecule has 0 saturated carbocycles. The number of Topliss-reactive ketones (excluding diaryl/α,β-unsaturated/α-hetero) is 1. The van der Waals surface area contributed by atoms with Crippen LogP contribution in [0.5, 0.6) is 0 Å². The molecule has 98 valence electrons. The van der Waals surface area contributed by atoms with Crippen LogP contribution in [0.3, 0.4) is 0 Å². The number of aryl methyl sites for hydroxylation is 2. The molecule has 0 amide bonds. The molecule has 0 aliphatic heterocycles. The van der Waals surface area contributed by atoms with Crippen LogP contribution in [0.25, 0.3) is 0 Å². The van der Waals surface area contributed by atoms with Gasteiger partial charge in [-0.15, -0.1) is 0 Å². The van der Waals surface area contributed by atoms with Gasteiger partial charge in [-0.2, -0.15) is 0 Å². The van der Waals surface area contributed by atoms with Crippen LogP contribution in [0.2, 0.25) is 0 Å². The molecular formula is C16H14F2O. The molecule has 0 bridgehead atoms. The van der Waals surface area contributed by atoms with Crippen molar-refractivity contribution in [1.82, 2.24) is 0 Å². The fourth-order valence-corrected chi connectivity index (χ4v) is 2.18. The third-order valence-corrected chi connectivity index (χ3v) is 3.13. The first kappa shape index (κ1) is 13.4. The van der Waals surface area contributed by atoms with E-state index in [4.69, 9.17) is 0 Å². The van der Waals surface area contributed by atoms with E-state index >= 15 is 0 Å². The second-order valence-corrected chi connectivity index (χ2v) is 4.60. The largest absolute Gasteiger partial charge is 0.294 e. The Morgan fingerprint density at radius 1 is 1.05 bits per heavy atom. The van der Waals surface area contributed by atoms with Crippen molar-refractivity contribution in [3.8, 4) is 0 Å². The molecule has 0 radical (unpaired) electrons. The molecule has 0 spiro atoms. The van der Waals surface area contributed by atoms with Gasteiger partial charge in [0.15, 0.2) is 5.78 Å². The fourth-order valence-electron chi connectivity index (χ4n) is 2.18. The fraction of sp³-hybridized carbons (Fsp3) is 0.188. The maximum absolute atomic E-state index is 13.5. The number of rotatable bonds is 3. The van der Waals surface area contributed by atoms with E-state index in [1.165, 1.54) is 6.07 Å². The third kappa shape index (κ3) is 2.87. The molecule has 19 heavy (non-hydrogen) atoms. The lowest BCUT2D eigenvalue weighted by Crippen LogP contribution is -2.09. The van der Waals surface area contributed by atoms with Gasteiger partial charge in [-0.05, 0) is 36.6 Å². The summed E-state index contributed by atoms with van der Waals surface area (Å²) >= 11 is 0. The summed E-state index contributed by atoms with van der Waals surface area (Å²) in [6, 6.07) is 8.85. The van der Waals surface area contributed by atoms with Crippen molar-refractivity contribution in [2.45, 2.75) is 20.3 Å². The molecule has 0 saturated heterocycles. The van der Waals surface area contributed by atoms with Gasteiger partial charge in [0.25, 0.3) is 0 Å². The molecule has 0 heterocycles. The second kappa shape index (κ2) is 5.31. The van der Waals surface area contributed by atoms with Crippen LogP contribution >= 0.6 is 0 Å². The van der Waals surface area contributed by atoms with Crippen molar-refractivity contribution in [2.75, 3.05) is 0 Å². The lowest BCUT2D eigenvalue weighted by molar-refractivity contribution is 0.0990. The number of hydrogen-bond donors (Lipinski definition) is 0. The summed E-state index contributed by atoms with van der Waals surface area (Å²) in [5.41, 5.74) is 2.57. The second-order valence-electron chi connectivity index (χ2n) is 4.60. The highest BCUT2D eigenvalue weighted by Crippen LogP contribution is 2.18. The number of benzene rings is 2. The molecule has 0 fully saturated rings. The molecule has 0 aliphatic rings. The van der Waals surface area contributed by atoms with Crippen LogP contribution in [0.4, 0.5) is 8.78 Å². The van der Waals surface area contributed by atoms with Crippen molar-refractivity contribution in [1.29, 1.82) is 0 Å². The summed E-state index contributed by atoms with van der Waals surface area (Å²) < 4.78 is 26.3. The average Bonchev–Trinajstić information content (AvgIpc) is 2.32. The Balaban J connectivity index is 2.31. The van der Waals surface area contributed by atoms with Gasteiger partial charge < -0.3 is 0 Å². The maximum atomic E-state index is 13.5. The molecule has 2 aromatic carbocycles. The quantitative estimate of drug-likeness (QED) is 0.762. The van der Waals surface area contributed by atoms with E-state index in [9.17, 15) is 13.6 Å². The number of carbonyl (C=O) groups excluding carboxylic acids is 1. The Morgan fingerprint density at radius 2 is 1.68 bits per heavy atom. The number of halogens is 2. The standard InChI is InChI=1S/C16H14F2O/c1-10-4-3-5-11(2)16(10)15(19)8-12-6-7-13(17)9-14(12)18/h3-7,9H,8H2,1-2H3. The summed E-state index contributed by atoms with van der Waals surface area (Å²) in [6.07, 6.45) is -0.0577. The highest BCUT2D eigenvalue weighted by molar-refractivity contribution is 6.00. The zero-order valence-electron chi connectivity index (χ0n) is 10.8. The van der Waals surface area contributed by atoms with Gasteiger partial charge in [0, 0.05) is 18.1 Å². The van der Waals surface area contributed by atoms with Crippen LogP contribution in [-0.2, 0) is 6.42 Å². The predicted octanol–water partition coefficient (Wildman–Crippen LogP) is 4.01. The van der Waals surface area contributed by atoms with E-state index < -0.39 is 11.6 Å². The minimum absolute atomic E-state index is 0.0577. The molecule has 1 nitrogen and oxygen atoms in total. The summed E-state index contributed by atoms with van der Waals surface area (Å²) in [4.78, 5) is 12.2. The van der Waals surface area contributed by atoms with E-state index in [2.05, 4.69) is 0 Å². The number of carbonyl (C=O) groups is 1. The minimum atomic E-state index is -0.681. The van der Waals surface area contributed by atoms with Crippen LogP contribution in [0.15, 0.2) is 36.4 Å². The van der Waals surface area contributed by atoms with Gasteiger partial charge >= 0.3 is 0 Å². The number of ketones is 1. The Labute approximate surface area is 110 Å². The molecule has 0 N–H and O–H groups in total. The van der Waals surface area contributed by atoms with Gasteiger partial charge in [0.2, 0.25) is 0 Å². The molecule has 3 heteroatoms. The van der Waals surface area contributed by atoms with Crippen molar-refractivity contribution >= 4 is 5.78 Å². The van der Waals surface area contributed by atoms with Crippen molar-refractivity contribution in [3.05, 3.63) is 70.3 Å². The first-order valence-corrected chi connectivity index (χ1v) is 6.02. The molecule has 0 unspecified atom stereocenters. The molecule has 0 aromatic heterocycles. The molecule has 2 rings (SSSR count). The Morgan fingerprint density at radius 3 is 2.26 bits per heavy atom. The van der Waals surface area contributed by atoms with E-state index in [0.717, 1.165) is 23.3 Å². The summed E-state index contributed by atoms with van der Waals surface area (Å²) in [5.74, 6) is -1.47. The normalized spacial score (nSPS) is 10.5. The van der Waals surface area contributed by atoms with Gasteiger partial charge in [-0.25, -0.2) is 8.78 Å². The van der Waals surface area contributed by atoms with E-state index in [1.807, 2.05) is 32.0 Å². The summed E-state index contributed by atoms with van der Waals surface area (Å²) in [7, 11) is 0. The van der Waals surface area contributed by atoms with Crippen LogP contribution in [0.1, 0.15) is 27.0 Å². The van der Waals surface area contributed by atoms with Gasteiger partial charge in [0.1, 0.15) is 11.6 Å². The van der Waals surface area contributed by atoms with Crippen LogP contribution in [-0.4, -0.2) is 5.78 Å². The van der Waals surface area contributed by atoms with E-state index in [1.54, 1.807) is 0 Å². The van der Waals surface area contributed by atoms with Crippen molar-refractivity contribution < 1.29 is 13.6 Å². The predicted molar refractivity (Wildman–Crippen MR) is 70.3 cm³/mol. The maximum Gasteiger partial charge on any atom is 0.167 e. The lowest BCUT2D eigenvalue weighted by Gasteiger charge is -2.09. The van der Waals surface area contributed by atoms with Crippen LogP contribution < -0.4 is 0 Å². The highest BCUT2D eigenvalue weighted by atomic mass is 19.1. The zero-order valence-corrected chi connectivity index (χ0v) is 10.8. The van der Waals surface area contributed by atoms with Crippen molar-refractivity contribution in [2.24, 2.45) is 0 Å². The highest BCUT2D eigenvalue weighted by Gasteiger charge is 2.14. The van der Waals surface area contributed by atoms with Gasteiger partial charge in [0.05, 0.1) is 0 Å². The lowest BCUT2D eigenvalue weighted by atomic mass is 9.95. The zero-order chi connectivity index (χ0) is 14.0. The average molecular weight is 260 g/mol. The SMILES string of the molecule is Cc1cccc(C)c1C(=O)Cc1ccc(F)cc1F. The summed E-state index contributed by atoms with van der Waals surface area (Å²) in [5, 5.41) is 0. The topological polar surface area (TPSA) is 17.1 Å². The number of hydrogen-bond acceptors (Lipinski definition) is 1. The molecule has 0 aliphatic carbocycles.